The normalized spacial score (nSPS) is 16.7. The van der Waals surface area contributed by atoms with Gasteiger partial charge in [0, 0.05) is 17.6 Å². The number of carbonyl (C=O) groups excluding carboxylic acids is 1. The summed E-state index contributed by atoms with van der Waals surface area (Å²) in [7, 11) is 0. The van der Waals surface area contributed by atoms with E-state index in [9.17, 15) is 4.79 Å². The van der Waals surface area contributed by atoms with E-state index in [0.717, 1.165) is 17.7 Å². The van der Waals surface area contributed by atoms with Crippen LogP contribution in [0.3, 0.4) is 0 Å². The maximum atomic E-state index is 13.1. The third kappa shape index (κ3) is 2.61. The molecule has 0 aliphatic carbocycles. The van der Waals surface area contributed by atoms with Crippen LogP contribution < -0.4 is 0 Å². The number of rotatable bonds is 2. The number of aromatic nitrogens is 2. The van der Waals surface area contributed by atoms with Gasteiger partial charge in [-0.1, -0.05) is 30.3 Å². The molecular weight excluding hydrogens is 318 g/mol. The van der Waals surface area contributed by atoms with Gasteiger partial charge in [0.05, 0.1) is 17.9 Å². The van der Waals surface area contributed by atoms with Gasteiger partial charge in [0.15, 0.2) is 0 Å². The Morgan fingerprint density at radius 1 is 1.17 bits per heavy atom. The molecule has 3 heterocycles. The van der Waals surface area contributed by atoms with Gasteiger partial charge in [-0.15, -0.1) is 11.3 Å². The number of hydrogen-bond acceptors (Lipinski definition) is 4. The molecule has 1 amide bonds. The fourth-order valence-corrected chi connectivity index (χ4v) is 4.08. The topological polar surface area (TPSA) is 46.1 Å². The molecule has 1 atom stereocenters. The van der Waals surface area contributed by atoms with Crippen molar-refractivity contribution in [1.82, 2.24) is 14.9 Å². The molecule has 0 bridgehead atoms. The van der Waals surface area contributed by atoms with Crippen molar-refractivity contribution in [3.63, 3.8) is 0 Å². The minimum atomic E-state index is -0.0618. The van der Waals surface area contributed by atoms with Crippen molar-refractivity contribution in [2.24, 2.45) is 0 Å². The van der Waals surface area contributed by atoms with Gasteiger partial charge < -0.3 is 4.90 Å². The van der Waals surface area contributed by atoms with E-state index in [4.69, 9.17) is 0 Å². The fraction of sp³-hybridized carbons (Fsp3) is 0.211. The molecule has 0 N–H and O–H groups in total. The van der Waals surface area contributed by atoms with Gasteiger partial charge in [-0.3, -0.25) is 9.78 Å². The average molecular weight is 335 g/mol. The molecule has 4 rings (SSSR count). The van der Waals surface area contributed by atoms with Gasteiger partial charge in [0.2, 0.25) is 0 Å². The number of aryl methyl sites for hydroxylation is 1. The van der Waals surface area contributed by atoms with Gasteiger partial charge >= 0.3 is 0 Å². The van der Waals surface area contributed by atoms with E-state index in [1.54, 1.807) is 23.7 Å². The molecule has 0 saturated heterocycles. The summed E-state index contributed by atoms with van der Waals surface area (Å²) in [6.07, 6.45) is 4.11. The standard InChI is InChI=1S/C19H17N3OS/c1-13-11-21-16(12-20-13)19(23)22-9-7-17-15(8-10-24-17)18(22)14-5-3-2-4-6-14/h2-6,8,10-12,18H,7,9H2,1H3/t18-/m0/s1. The number of benzene rings is 1. The number of hydrogen-bond donors (Lipinski definition) is 0. The first kappa shape index (κ1) is 15.0. The van der Waals surface area contributed by atoms with Crippen molar-refractivity contribution in [3.05, 3.63) is 81.6 Å². The van der Waals surface area contributed by atoms with Crippen LogP contribution in [0.1, 0.15) is 38.2 Å². The second-order valence-electron chi connectivity index (χ2n) is 5.90. The van der Waals surface area contributed by atoms with Crippen molar-refractivity contribution in [2.75, 3.05) is 6.54 Å². The lowest BCUT2D eigenvalue weighted by molar-refractivity contribution is 0.0689. The van der Waals surface area contributed by atoms with E-state index >= 15 is 0 Å². The van der Waals surface area contributed by atoms with Crippen molar-refractivity contribution >= 4 is 17.2 Å². The summed E-state index contributed by atoms with van der Waals surface area (Å²) in [4.78, 5) is 24.8. The second kappa shape index (κ2) is 6.17. The number of amides is 1. The fourth-order valence-electron chi connectivity index (χ4n) is 3.18. The highest BCUT2D eigenvalue weighted by molar-refractivity contribution is 7.10. The molecule has 1 aromatic carbocycles. The molecule has 24 heavy (non-hydrogen) atoms. The Bertz CT molecular complexity index is 858. The largest absolute Gasteiger partial charge is 0.326 e. The predicted octanol–water partition coefficient (Wildman–Crippen LogP) is 3.63. The molecule has 0 spiro atoms. The first-order valence-corrected chi connectivity index (χ1v) is 8.83. The van der Waals surface area contributed by atoms with Crippen LogP contribution in [0.5, 0.6) is 0 Å². The van der Waals surface area contributed by atoms with Crippen LogP contribution in [0.15, 0.2) is 54.2 Å². The van der Waals surface area contributed by atoms with E-state index in [2.05, 4.69) is 33.5 Å². The zero-order valence-corrected chi connectivity index (χ0v) is 14.2. The van der Waals surface area contributed by atoms with Gasteiger partial charge in [-0.2, -0.15) is 0 Å². The Morgan fingerprint density at radius 3 is 2.75 bits per heavy atom. The Balaban J connectivity index is 1.76. The van der Waals surface area contributed by atoms with E-state index in [-0.39, 0.29) is 11.9 Å². The second-order valence-corrected chi connectivity index (χ2v) is 6.90. The number of thiophene rings is 1. The summed E-state index contributed by atoms with van der Waals surface area (Å²) in [6.45, 7) is 2.56. The number of carbonyl (C=O) groups is 1. The molecule has 0 fully saturated rings. The highest BCUT2D eigenvalue weighted by Crippen LogP contribution is 2.38. The SMILES string of the molecule is Cc1cnc(C(=O)N2CCc3sccc3[C@@H]2c2ccccc2)cn1. The third-order valence-electron chi connectivity index (χ3n) is 4.34. The lowest BCUT2D eigenvalue weighted by Crippen LogP contribution is -2.40. The molecule has 0 radical (unpaired) electrons. The zero-order valence-electron chi connectivity index (χ0n) is 13.3. The monoisotopic (exact) mass is 335 g/mol. The van der Waals surface area contributed by atoms with Crippen LogP contribution in [0.25, 0.3) is 0 Å². The molecule has 2 aromatic heterocycles. The van der Waals surface area contributed by atoms with Crippen molar-refractivity contribution < 1.29 is 4.79 Å². The third-order valence-corrected chi connectivity index (χ3v) is 5.34. The van der Waals surface area contributed by atoms with Crippen LogP contribution in [0.2, 0.25) is 0 Å². The van der Waals surface area contributed by atoms with E-state index in [1.165, 1.54) is 10.4 Å². The van der Waals surface area contributed by atoms with Crippen molar-refractivity contribution in [3.8, 4) is 0 Å². The summed E-state index contributed by atoms with van der Waals surface area (Å²) in [5, 5.41) is 2.11. The lowest BCUT2D eigenvalue weighted by Gasteiger charge is -2.36. The van der Waals surface area contributed by atoms with Crippen LogP contribution in [-0.4, -0.2) is 27.3 Å². The molecule has 4 nitrogen and oxygen atoms in total. The summed E-state index contributed by atoms with van der Waals surface area (Å²) < 4.78 is 0. The van der Waals surface area contributed by atoms with Gasteiger partial charge in [0.1, 0.15) is 5.69 Å². The molecule has 1 aliphatic rings. The van der Waals surface area contributed by atoms with Gasteiger partial charge in [-0.25, -0.2) is 4.98 Å². The molecule has 5 heteroatoms. The summed E-state index contributed by atoms with van der Waals surface area (Å²) in [5.74, 6) is -0.0618. The molecule has 120 valence electrons. The minimum absolute atomic E-state index is 0.0585. The molecule has 1 aliphatic heterocycles. The first-order chi connectivity index (χ1) is 11.7. The summed E-state index contributed by atoms with van der Waals surface area (Å²) in [6, 6.07) is 12.3. The minimum Gasteiger partial charge on any atom is -0.326 e. The van der Waals surface area contributed by atoms with E-state index in [1.807, 2.05) is 30.0 Å². The van der Waals surface area contributed by atoms with Crippen molar-refractivity contribution in [1.29, 1.82) is 0 Å². The van der Waals surface area contributed by atoms with Gasteiger partial charge in [-0.05, 0) is 35.9 Å². The van der Waals surface area contributed by atoms with E-state index in [0.29, 0.717) is 12.2 Å². The quantitative estimate of drug-likeness (QED) is 0.718. The van der Waals surface area contributed by atoms with Crippen LogP contribution >= 0.6 is 11.3 Å². The van der Waals surface area contributed by atoms with Crippen LogP contribution in [0.4, 0.5) is 0 Å². The van der Waals surface area contributed by atoms with Crippen molar-refractivity contribution in [2.45, 2.75) is 19.4 Å². The Morgan fingerprint density at radius 2 is 2.00 bits per heavy atom. The Kier molecular flexibility index (Phi) is 3.86. The van der Waals surface area contributed by atoms with E-state index < -0.39 is 0 Å². The Hall–Kier alpha value is -2.53. The maximum absolute atomic E-state index is 13.1. The molecular formula is C19H17N3OS. The maximum Gasteiger partial charge on any atom is 0.274 e. The smallest absolute Gasteiger partial charge is 0.274 e. The van der Waals surface area contributed by atoms with Gasteiger partial charge in [0.25, 0.3) is 5.91 Å². The number of fused-ring (bicyclic) bond motifs is 1. The average Bonchev–Trinajstić information content (AvgIpc) is 3.10. The predicted molar refractivity (Wildman–Crippen MR) is 94.1 cm³/mol. The summed E-state index contributed by atoms with van der Waals surface area (Å²) >= 11 is 1.77. The first-order valence-electron chi connectivity index (χ1n) is 7.95. The van der Waals surface area contributed by atoms with Crippen LogP contribution in [0, 0.1) is 6.92 Å². The molecule has 0 unspecified atom stereocenters. The highest BCUT2D eigenvalue weighted by atomic mass is 32.1. The molecule has 0 saturated carbocycles. The lowest BCUT2D eigenvalue weighted by atomic mass is 9.93. The molecule has 3 aromatic rings. The zero-order chi connectivity index (χ0) is 16.5. The number of nitrogens with zero attached hydrogens (tertiary/aromatic N) is 3. The summed E-state index contributed by atoms with van der Waals surface area (Å²) in [5.41, 5.74) is 3.57. The Labute approximate surface area is 144 Å². The highest BCUT2D eigenvalue weighted by Gasteiger charge is 2.33. The van der Waals surface area contributed by atoms with Crippen LogP contribution in [-0.2, 0) is 6.42 Å².